The summed E-state index contributed by atoms with van der Waals surface area (Å²) in [4.78, 5) is 0. The highest BCUT2D eigenvalue weighted by Crippen LogP contribution is 2.17. The first-order valence-electron chi connectivity index (χ1n) is 4.58. The Balaban J connectivity index is 2.08. The Hall–Kier alpha value is -0.0800. The molecule has 0 amide bonds. The van der Waals surface area contributed by atoms with Crippen molar-refractivity contribution in [1.82, 2.24) is 5.32 Å². The van der Waals surface area contributed by atoms with Gasteiger partial charge in [0.05, 0.1) is 6.61 Å². The summed E-state index contributed by atoms with van der Waals surface area (Å²) < 4.78 is 5.05. The fourth-order valence-corrected chi connectivity index (χ4v) is 1.79. The van der Waals surface area contributed by atoms with Crippen LogP contribution < -0.4 is 5.32 Å². The molecule has 0 unspecified atom stereocenters. The Labute approximate surface area is 69.3 Å². The summed E-state index contributed by atoms with van der Waals surface area (Å²) in [5.74, 6) is 0. The van der Waals surface area contributed by atoms with Crippen molar-refractivity contribution >= 4 is 0 Å². The third-order valence-corrected chi connectivity index (χ3v) is 2.29. The fraction of sp³-hybridized carbons (Fsp3) is 1.00. The highest BCUT2D eigenvalue weighted by atomic mass is 16.5. The van der Waals surface area contributed by atoms with Crippen LogP contribution in [0.4, 0.5) is 0 Å². The molecule has 0 bridgehead atoms. The molecule has 1 atom stereocenters. The van der Waals surface area contributed by atoms with Gasteiger partial charge < -0.3 is 10.1 Å². The van der Waals surface area contributed by atoms with E-state index in [2.05, 4.69) is 12.2 Å². The van der Waals surface area contributed by atoms with Crippen molar-refractivity contribution in [2.45, 2.75) is 44.7 Å². The molecule has 0 saturated heterocycles. The Morgan fingerprint density at radius 1 is 1.45 bits per heavy atom. The smallest absolute Gasteiger partial charge is 0.0613 e. The molecule has 1 saturated carbocycles. The van der Waals surface area contributed by atoms with Crippen molar-refractivity contribution in [2.75, 3.05) is 13.7 Å². The van der Waals surface area contributed by atoms with Gasteiger partial charge in [-0.1, -0.05) is 12.8 Å². The van der Waals surface area contributed by atoms with Crippen LogP contribution >= 0.6 is 0 Å². The van der Waals surface area contributed by atoms with Crippen molar-refractivity contribution < 1.29 is 4.74 Å². The van der Waals surface area contributed by atoms with E-state index < -0.39 is 0 Å². The Morgan fingerprint density at radius 2 is 2.09 bits per heavy atom. The molecule has 1 aliphatic carbocycles. The van der Waals surface area contributed by atoms with Crippen LogP contribution in [-0.4, -0.2) is 25.8 Å². The lowest BCUT2D eigenvalue weighted by atomic mass is 10.2. The fourth-order valence-electron chi connectivity index (χ4n) is 1.79. The molecule has 2 heteroatoms. The summed E-state index contributed by atoms with van der Waals surface area (Å²) in [6.45, 7) is 3.01. The summed E-state index contributed by atoms with van der Waals surface area (Å²) >= 11 is 0. The number of nitrogens with one attached hydrogen (secondary N) is 1. The van der Waals surface area contributed by atoms with E-state index in [1.165, 1.54) is 25.7 Å². The van der Waals surface area contributed by atoms with E-state index in [0.717, 1.165) is 12.6 Å². The normalized spacial score (nSPS) is 22.4. The van der Waals surface area contributed by atoms with Gasteiger partial charge in [0.2, 0.25) is 0 Å². The zero-order valence-electron chi connectivity index (χ0n) is 7.60. The lowest BCUT2D eigenvalue weighted by molar-refractivity contribution is 0.167. The summed E-state index contributed by atoms with van der Waals surface area (Å²) in [5.41, 5.74) is 0. The average molecular weight is 157 g/mol. The molecule has 0 aromatic rings. The third-order valence-electron chi connectivity index (χ3n) is 2.29. The van der Waals surface area contributed by atoms with Crippen LogP contribution in [0.3, 0.4) is 0 Å². The van der Waals surface area contributed by atoms with Gasteiger partial charge >= 0.3 is 0 Å². The van der Waals surface area contributed by atoms with Crippen LogP contribution in [0, 0.1) is 0 Å². The minimum Gasteiger partial charge on any atom is -0.383 e. The van der Waals surface area contributed by atoms with Gasteiger partial charge in [0.1, 0.15) is 0 Å². The van der Waals surface area contributed by atoms with E-state index in [-0.39, 0.29) is 0 Å². The molecule has 2 nitrogen and oxygen atoms in total. The maximum atomic E-state index is 5.05. The topological polar surface area (TPSA) is 21.3 Å². The van der Waals surface area contributed by atoms with Crippen LogP contribution in [0.1, 0.15) is 32.6 Å². The first-order valence-corrected chi connectivity index (χ1v) is 4.58. The largest absolute Gasteiger partial charge is 0.383 e. The van der Waals surface area contributed by atoms with E-state index in [4.69, 9.17) is 4.74 Å². The standard InChI is InChI=1S/C9H19NO/c1-8(7-11-2)10-9-5-3-4-6-9/h8-10H,3-7H2,1-2H3/t8-/m0/s1. The van der Waals surface area contributed by atoms with Crippen LogP contribution in [-0.2, 0) is 4.74 Å². The van der Waals surface area contributed by atoms with Crippen LogP contribution in [0.15, 0.2) is 0 Å². The van der Waals surface area contributed by atoms with Gasteiger partial charge in [-0.3, -0.25) is 0 Å². The van der Waals surface area contributed by atoms with Crippen molar-refractivity contribution in [3.63, 3.8) is 0 Å². The summed E-state index contributed by atoms with van der Waals surface area (Å²) in [6.07, 6.45) is 5.51. The minimum absolute atomic E-state index is 0.517. The summed E-state index contributed by atoms with van der Waals surface area (Å²) in [6, 6.07) is 1.28. The minimum atomic E-state index is 0.517. The second-order valence-corrected chi connectivity index (χ2v) is 3.50. The SMILES string of the molecule is COC[C@H](C)NC1CCCC1. The van der Waals surface area contributed by atoms with Crippen LogP contribution in [0.2, 0.25) is 0 Å². The Morgan fingerprint density at radius 3 is 2.64 bits per heavy atom. The predicted octanol–water partition coefficient (Wildman–Crippen LogP) is 1.55. The molecule has 11 heavy (non-hydrogen) atoms. The van der Waals surface area contributed by atoms with Gasteiger partial charge in [-0.25, -0.2) is 0 Å². The molecule has 1 N–H and O–H groups in total. The molecule has 0 heterocycles. The molecular weight excluding hydrogens is 138 g/mol. The van der Waals surface area contributed by atoms with Crippen LogP contribution in [0.5, 0.6) is 0 Å². The summed E-state index contributed by atoms with van der Waals surface area (Å²) in [7, 11) is 1.76. The second-order valence-electron chi connectivity index (χ2n) is 3.50. The lowest BCUT2D eigenvalue weighted by Gasteiger charge is -2.17. The first kappa shape index (κ1) is 9.01. The summed E-state index contributed by atoms with van der Waals surface area (Å²) in [5, 5.41) is 3.55. The average Bonchev–Trinajstić information content (AvgIpc) is 2.40. The number of hydrogen-bond donors (Lipinski definition) is 1. The molecule has 1 aliphatic rings. The van der Waals surface area contributed by atoms with Crippen molar-refractivity contribution in [3.05, 3.63) is 0 Å². The van der Waals surface area contributed by atoms with E-state index in [0.29, 0.717) is 6.04 Å². The number of ether oxygens (including phenoxy) is 1. The number of hydrogen-bond acceptors (Lipinski definition) is 2. The molecular formula is C9H19NO. The highest BCUT2D eigenvalue weighted by Gasteiger charge is 2.16. The van der Waals surface area contributed by atoms with E-state index in [1.807, 2.05) is 0 Å². The third kappa shape index (κ3) is 3.21. The maximum Gasteiger partial charge on any atom is 0.0613 e. The number of methoxy groups -OCH3 is 1. The van der Waals surface area contributed by atoms with Crippen molar-refractivity contribution in [2.24, 2.45) is 0 Å². The molecule has 0 radical (unpaired) electrons. The van der Waals surface area contributed by atoms with Crippen LogP contribution in [0.25, 0.3) is 0 Å². The molecule has 0 aromatic heterocycles. The van der Waals surface area contributed by atoms with Crippen molar-refractivity contribution in [3.8, 4) is 0 Å². The van der Waals surface area contributed by atoms with Gasteiger partial charge in [-0.2, -0.15) is 0 Å². The Kier molecular flexibility index (Phi) is 3.87. The zero-order valence-corrected chi connectivity index (χ0v) is 7.60. The monoisotopic (exact) mass is 157 g/mol. The van der Waals surface area contributed by atoms with Gasteiger partial charge in [-0.15, -0.1) is 0 Å². The second kappa shape index (κ2) is 4.73. The Bertz CT molecular complexity index is 99.7. The van der Waals surface area contributed by atoms with E-state index in [9.17, 15) is 0 Å². The maximum absolute atomic E-state index is 5.05. The molecule has 0 spiro atoms. The molecule has 0 aromatic carbocycles. The predicted molar refractivity (Wildman–Crippen MR) is 46.7 cm³/mol. The molecule has 1 fully saturated rings. The van der Waals surface area contributed by atoms with Crippen molar-refractivity contribution in [1.29, 1.82) is 0 Å². The highest BCUT2D eigenvalue weighted by molar-refractivity contribution is 4.76. The van der Waals surface area contributed by atoms with Gasteiger partial charge in [-0.05, 0) is 19.8 Å². The van der Waals surface area contributed by atoms with Gasteiger partial charge in [0.25, 0.3) is 0 Å². The molecule has 66 valence electrons. The quantitative estimate of drug-likeness (QED) is 0.668. The number of rotatable bonds is 4. The van der Waals surface area contributed by atoms with E-state index >= 15 is 0 Å². The van der Waals surface area contributed by atoms with E-state index in [1.54, 1.807) is 7.11 Å². The lowest BCUT2D eigenvalue weighted by Crippen LogP contribution is -2.37. The first-order chi connectivity index (χ1) is 5.33. The van der Waals surface area contributed by atoms with Gasteiger partial charge in [0, 0.05) is 19.2 Å². The molecule has 0 aliphatic heterocycles. The molecule has 1 rings (SSSR count). The zero-order chi connectivity index (χ0) is 8.10. The van der Waals surface area contributed by atoms with Gasteiger partial charge in [0.15, 0.2) is 0 Å².